The average Bonchev–Trinajstić information content (AvgIpc) is 2.30. The largest absolute Gasteiger partial charge is 0.349 e. The lowest BCUT2D eigenvalue weighted by atomic mass is 10.1. The number of benzene rings is 1. The lowest BCUT2D eigenvalue weighted by Crippen LogP contribution is -2.32. The van der Waals surface area contributed by atoms with Crippen molar-refractivity contribution in [3.63, 3.8) is 0 Å². The summed E-state index contributed by atoms with van der Waals surface area (Å²) in [5.74, 6) is -0.848. The first-order valence-electron chi connectivity index (χ1n) is 5.59. The Labute approximate surface area is 95.9 Å². The minimum atomic E-state index is -0.475. The van der Waals surface area contributed by atoms with Gasteiger partial charge in [0.05, 0.1) is 0 Å². The van der Waals surface area contributed by atoms with Crippen molar-refractivity contribution in [3.8, 4) is 0 Å². The second-order valence-corrected chi connectivity index (χ2v) is 3.70. The molecule has 0 atom stereocenters. The average molecular weight is 219 g/mol. The Kier molecular flexibility index (Phi) is 5.26. The van der Waals surface area contributed by atoms with Gasteiger partial charge in [-0.05, 0) is 12.0 Å². The molecule has 0 unspecified atom stereocenters. The number of ketones is 1. The van der Waals surface area contributed by atoms with E-state index in [2.05, 4.69) is 5.32 Å². The van der Waals surface area contributed by atoms with Gasteiger partial charge < -0.3 is 5.32 Å². The molecular weight excluding hydrogens is 202 g/mol. The fraction of sp³-hybridized carbons (Fsp3) is 0.385. The van der Waals surface area contributed by atoms with Crippen LogP contribution in [0.5, 0.6) is 0 Å². The Morgan fingerprint density at radius 1 is 1.19 bits per heavy atom. The highest BCUT2D eigenvalue weighted by Crippen LogP contribution is 2.00. The van der Waals surface area contributed by atoms with Gasteiger partial charge in [0, 0.05) is 13.0 Å². The van der Waals surface area contributed by atoms with Crippen LogP contribution >= 0.6 is 0 Å². The van der Waals surface area contributed by atoms with Crippen LogP contribution in [-0.4, -0.2) is 18.2 Å². The molecule has 0 saturated carbocycles. The normalized spacial score (nSPS) is 9.81. The number of Topliss-reactive ketones (excluding diaryl/α,β-unsaturated/α-hetero) is 1. The van der Waals surface area contributed by atoms with E-state index >= 15 is 0 Å². The van der Waals surface area contributed by atoms with E-state index in [1.807, 2.05) is 37.3 Å². The van der Waals surface area contributed by atoms with Gasteiger partial charge in [0.2, 0.25) is 5.78 Å². The van der Waals surface area contributed by atoms with Gasteiger partial charge in [-0.25, -0.2) is 0 Å². The zero-order valence-corrected chi connectivity index (χ0v) is 9.53. The second kappa shape index (κ2) is 6.77. The van der Waals surface area contributed by atoms with Crippen molar-refractivity contribution in [2.45, 2.75) is 26.2 Å². The third-order valence-electron chi connectivity index (χ3n) is 2.28. The molecule has 0 aliphatic heterocycles. The van der Waals surface area contributed by atoms with E-state index in [4.69, 9.17) is 0 Å². The maximum atomic E-state index is 11.5. The number of hydrogen-bond donors (Lipinski definition) is 1. The lowest BCUT2D eigenvalue weighted by Gasteiger charge is -2.03. The number of carbonyl (C=O) groups is 2. The summed E-state index contributed by atoms with van der Waals surface area (Å²) >= 11 is 0. The van der Waals surface area contributed by atoms with Gasteiger partial charge >= 0.3 is 0 Å². The molecule has 0 aliphatic rings. The molecule has 0 spiro atoms. The molecule has 0 aromatic heterocycles. The van der Waals surface area contributed by atoms with E-state index in [9.17, 15) is 9.59 Å². The van der Waals surface area contributed by atoms with E-state index < -0.39 is 5.91 Å². The van der Waals surface area contributed by atoms with Crippen molar-refractivity contribution in [1.82, 2.24) is 5.32 Å². The molecule has 3 nitrogen and oxygen atoms in total. The molecule has 1 aromatic rings. The number of rotatable bonds is 6. The fourth-order valence-electron chi connectivity index (χ4n) is 1.34. The van der Waals surface area contributed by atoms with Crippen LogP contribution in [0.1, 0.15) is 25.3 Å². The molecule has 1 N–H and O–H groups in total. The molecule has 1 rings (SSSR count). The van der Waals surface area contributed by atoms with Crippen molar-refractivity contribution < 1.29 is 9.59 Å². The third-order valence-corrected chi connectivity index (χ3v) is 2.28. The number of unbranched alkanes of at least 4 members (excludes halogenated alkanes) is 1. The summed E-state index contributed by atoms with van der Waals surface area (Å²) in [4.78, 5) is 22.9. The Morgan fingerprint density at radius 3 is 2.50 bits per heavy atom. The maximum Gasteiger partial charge on any atom is 0.287 e. The van der Waals surface area contributed by atoms with E-state index in [-0.39, 0.29) is 12.2 Å². The summed E-state index contributed by atoms with van der Waals surface area (Å²) in [6, 6.07) is 9.29. The summed E-state index contributed by atoms with van der Waals surface area (Å²) < 4.78 is 0. The monoisotopic (exact) mass is 219 g/mol. The topological polar surface area (TPSA) is 46.2 Å². The van der Waals surface area contributed by atoms with Crippen LogP contribution in [-0.2, 0) is 16.0 Å². The summed E-state index contributed by atoms with van der Waals surface area (Å²) in [6.07, 6.45) is 2.09. The summed E-state index contributed by atoms with van der Waals surface area (Å²) in [6.45, 7) is 2.62. The highest BCUT2D eigenvalue weighted by atomic mass is 16.2. The highest BCUT2D eigenvalue weighted by molar-refractivity contribution is 6.36. The quantitative estimate of drug-likeness (QED) is 0.585. The zero-order valence-electron chi connectivity index (χ0n) is 9.53. The Bertz CT molecular complexity index is 346. The molecule has 0 aliphatic carbocycles. The Balaban J connectivity index is 2.38. The molecule has 16 heavy (non-hydrogen) atoms. The minimum absolute atomic E-state index is 0.179. The number of carbonyl (C=O) groups excluding carboxylic acids is 2. The third kappa shape index (κ3) is 4.26. The summed E-state index contributed by atoms with van der Waals surface area (Å²) in [5.41, 5.74) is 0.873. The van der Waals surface area contributed by atoms with Gasteiger partial charge in [-0.3, -0.25) is 9.59 Å². The van der Waals surface area contributed by atoms with Gasteiger partial charge in [-0.15, -0.1) is 0 Å². The molecule has 0 bridgehead atoms. The minimum Gasteiger partial charge on any atom is -0.349 e. The van der Waals surface area contributed by atoms with Crippen molar-refractivity contribution in [3.05, 3.63) is 35.9 Å². The number of hydrogen-bond acceptors (Lipinski definition) is 2. The van der Waals surface area contributed by atoms with E-state index in [0.29, 0.717) is 6.54 Å². The molecule has 0 saturated heterocycles. The van der Waals surface area contributed by atoms with Gasteiger partial charge in [0.1, 0.15) is 0 Å². The summed E-state index contributed by atoms with van der Waals surface area (Å²) in [7, 11) is 0. The van der Waals surface area contributed by atoms with Crippen LogP contribution in [0.4, 0.5) is 0 Å². The SMILES string of the molecule is CCCCNC(=O)C(=O)Cc1ccccc1. The molecular formula is C13H17NO2. The molecule has 0 radical (unpaired) electrons. The molecule has 0 heterocycles. The second-order valence-electron chi connectivity index (χ2n) is 3.70. The molecule has 1 aromatic carbocycles. The number of nitrogens with one attached hydrogen (secondary N) is 1. The standard InChI is InChI=1S/C13H17NO2/c1-2-3-9-14-13(16)12(15)10-11-7-5-4-6-8-11/h4-8H,2-3,9-10H2,1H3,(H,14,16). The van der Waals surface area contributed by atoms with Crippen LogP contribution in [0.2, 0.25) is 0 Å². The van der Waals surface area contributed by atoms with E-state index in [1.165, 1.54) is 0 Å². The van der Waals surface area contributed by atoms with Crippen LogP contribution in [0.3, 0.4) is 0 Å². The van der Waals surface area contributed by atoms with Crippen molar-refractivity contribution in [2.24, 2.45) is 0 Å². The zero-order chi connectivity index (χ0) is 11.8. The van der Waals surface area contributed by atoms with Crippen LogP contribution < -0.4 is 5.32 Å². The van der Waals surface area contributed by atoms with E-state index in [1.54, 1.807) is 0 Å². The first-order valence-corrected chi connectivity index (χ1v) is 5.59. The van der Waals surface area contributed by atoms with Gasteiger partial charge in [-0.1, -0.05) is 43.7 Å². The van der Waals surface area contributed by atoms with Crippen molar-refractivity contribution in [1.29, 1.82) is 0 Å². The highest BCUT2D eigenvalue weighted by Gasteiger charge is 2.12. The van der Waals surface area contributed by atoms with Gasteiger partial charge in [0.15, 0.2) is 0 Å². The lowest BCUT2D eigenvalue weighted by molar-refractivity contribution is -0.137. The van der Waals surface area contributed by atoms with Gasteiger partial charge in [0.25, 0.3) is 5.91 Å². The fourth-order valence-corrected chi connectivity index (χ4v) is 1.34. The predicted octanol–water partition coefficient (Wildman–Crippen LogP) is 1.71. The number of amides is 1. The Hall–Kier alpha value is -1.64. The first kappa shape index (κ1) is 12.4. The smallest absolute Gasteiger partial charge is 0.287 e. The predicted molar refractivity (Wildman–Crippen MR) is 63.1 cm³/mol. The maximum absolute atomic E-state index is 11.5. The molecule has 0 fully saturated rings. The van der Waals surface area contributed by atoms with Crippen molar-refractivity contribution >= 4 is 11.7 Å². The Morgan fingerprint density at radius 2 is 1.88 bits per heavy atom. The van der Waals surface area contributed by atoms with Crippen LogP contribution in [0.25, 0.3) is 0 Å². The van der Waals surface area contributed by atoms with E-state index in [0.717, 1.165) is 18.4 Å². The van der Waals surface area contributed by atoms with Crippen LogP contribution in [0.15, 0.2) is 30.3 Å². The van der Waals surface area contributed by atoms with Crippen LogP contribution in [0, 0.1) is 0 Å². The summed E-state index contributed by atoms with van der Waals surface area (Å²) in [5, 5.41) is 2.62. The van der Waals surface area contributed by atoms with Crippen molar-refractivity contribution in [2.75, 3.05) is 6.54 Å². The molecule has 1 amide bonds. The van der Waals surface area contributed by atoms with Gasteiger partial charge in [-0.2, -0.15) is 0 Å². The molecule has 3 heteroatoms. The first-order chi connectivity index (χ1) is 7.74. The molecule has 86 valence electrons.